The van der Waals surface area contributed by atoms with Crippen molar-refractivity contribution in [2.24, 2.45) is 0 Å². The van der Waals surface area contributed by atoms with Crippen LogP contribution in [-0.4, -0.2) is 11.5 Å². The molecule has 0 bridgehead atoms. The molecule has 34 heavy (non-hydrogen) atoms. The minimum atomic E-state index is 1.37. The minimum Gasteiger partial charge on any atom is -0.162 e. The molecule has 0 fully saturated rings. The van der Waals surface area contributed by atoms with E-state index >= 15 is 0 Å². The zero-order valence-electron chi connectivity index (χ0n) is 24.3. The van der Waals surface area contributed by atoms with Gasteiger partial charge >= 0.3 is 0 Å². The average molecular weight is 497 g/mol. The second kappa shape index (κ2) is 33.4. The predicted octanol–water partition coefficient (Wildman–Crippen LogP) is 13.1. The van der Waals surface area contributed by atoms with Crippen LogP contribution in [0.3, 0.4) is 0 Å². The first kappa shape index (κ1) is 34.4. The van der Waals surface area contributed by atoms with Gasteiger partial charge in [-0.25, -0.2) is 0 Å². The van der Waals surface area contributed by atoms with Crippen LogP contribution in [0, 0.1) is 0 Å². The van der Waals surface area contributed by atoms with Gasteiger partial charge in [-0.2, -0.15) is 11.8 Å². The van der Waals surface area contributed by atoms with Crippen LogP contribution in [0.2, 0.25) is 0 Å². The van der Waals surface area contributed by atoms with E-state index in [1.165, 1.54) is 198 Å². The summed E-state index contributed by atoms with van der Waals surface area (Å²) in [7, 11) is 0. The average Bonchev–Trinajstić information content (AvgIpc) is 2.85. The molecule has 1 heteroatoms. The second-order valence-electron chi connectivity index (χ2n) is 11.2. The second-order valence-corrected chi connectivity index (χ2v) is 12.4. The van der Waals surface area contributed by atoms with E-state index in [1.807, 2.05) is 0 Å². The highest BCUT2D eigenvalue weighted by Crippen LogP contribution is 2.16. The van der Waals surface area contributed by atoms with Gasteiger partial charge in [0, 0.05) is 0 Å². The van der Waals surface area contributed by atoms with Crippen LogP contribution < -0.4 is 0 Å². The van der Waals surface area contributed by atoms with Crippen LogP contribution in [0.25, 0.3) is 0 Å². The number of hydrogen-bond acceptors (Lipinski definition) is 1. The van der Waals surface area contributed by atoms with Gasteiger partial charge < -0.3 is 0 Å². The standard InChI is InChI=1S/C33H68S/c1-3-5-7-9-11-12-13-14-15-16-17-18-19-20-21-22-23-24-25-27-29-31-33-34-32-30-28-26-10-8-6-4-2/h3-33H2,1-2H3. The first-order valence-corrected chi connectivity index (χ1v) is 17.6. The summed E-state index contributed by atoms with van der Waals surface area (Å²) in [5.74, 6) is 2.82. The van der Waals surface area contributed by atoms with E-state index in [4.69, 9.17) is 0 Å². The Balaban J connectivity index is 2.99. The van der Waals surface area contributed by atoms with Crippen LogP contribution in [0.4, 0.5) is 0 Å². The van der Waals surface area contributed by atoms with Crippen molar-refractivity contribution >= 4 is 11.8 Å². The van der Waals surface area contributed by atoms with Gasteiger partial charge in [-0.3, -0.25) is 0 Å². The topological polar surface area (TPSA) is 0 Å². The first-order chi connectivity index (χ1) is 16.9. The maximum Gasteiger partial charge on any atom is -0.00675 e. The summed E-state index contributed by atoms with van der Waals surface area (Å²) in [4.78, 5) is 0. The highest BCUT2D eigenvalue weighted by molar-refractivity contribution is 7.99. The summed E-state index contributed by atoms with van der Waals surface area (Å²) in [6.45, 7) is 4.61. The van der Waals surface area contributed by atoms with Crippen LogP contribution in [0.15, 0.2) is 0 Å². The molecule has 0 nitrogen and oxygen atoms in total. The lowest BCUT2D eigenvalue weighted by Gasteiger charge is -2.04. The third-order valence-electron chi connectivity index (χ3n) is 7.53. The smallest absolute Gasteiger partial charge is 0.00675 e. The van der Waals surface area contributed by atoms with Gasteiger partial charge in [-0.15, -0.1) is 0 Å². The maximum atomic E-state index is 2.31. The largest absolute Gasteiger partial charge is 0.162 e. The zero-order valence-corrected chi connectivity index (χ0v) is 25.1. The molecule has 0 aromatic heterocycles. The summed E-state index contributed by atoms with van der Waals surface area (Å²) < 4.78 is 0. The monoisotopic (exact) mass is 497 g/mol. The van der Waals surface area contributed by atoms with Crippen molar-refractivity contribution in [3.63, 3.8) is 0 Å². The number of thioether (sulfide) groups is 1. The van der Waals surface area contributed by atoms with Crippen molar-refractivity contribution in [1.82, 2.24) is 0 Å². The molecule has 0 saturated carbocycles. The maximum absolute atomic E-state index is 2.31. The quantitative estimate of drug-likeness (QED) is 0.0859. The van der Waals surface area contributed by atoms with Gasteiger partial charge in [0.25, 0.3) is 0 Å². The molecule has 0 aliphatic heterocycles. The highest BCUT2D eigenvalue weighted by atomic mass is 32.2. The van der Waals surface area contributed by atoms with E-state index in [0.717, 1.165) is 0 Å². The first-order valence-electron chi connectivity index (χ1n) is 16.5. The normalized spacial score (nSPS) is 11.5. The van der Waals surface area contributed by atoms with E-state index in [9.17, 15) is 0 Å². The van der Waals surface area contributed by atoms with Crippen LogP contribution >= 0.6 is 11.8 Å². The Morgan fingerprint density at radius 1 is 0.235 bits per heavy atom. The molecule has 0 radical (unpaired) electrons. The summed E-state index contributed by atoms with van der Waals surface area (Å²) in [5.41, 5.74) is 0. The molecule has 0 aliphatic rings. The molecule has 0 atom stereocenters. The lowest BCUT2D eigenvalue weighted by Crippen LogP contribution is -1.87. The van der Waals surface area contributed by atoms with Gasteiger partial charge in [-0.05, 0) is 24.3 Å². The van der Waals surface area contributed by atoms with E-state index in [-0.39, 0.29) is 0 Å². The molecule has 0 heterocycles. The Bertz CT molecular complexity index is 295. The van der Waals surface area contributed by atoms with E-state index in [0.29, 0.717) is 0 Å². The molecule has 0 aromatic carbocycles. The highest BCUT2D eigenvalue weighted by Gasteiger charge is 1.97. The summed E-state index contributed by atoms with van der Waals surface area (Å²) in [6.07, 6.45) is 42.7. The minimum absolute atomic E-state index is 1.37. The predicted molar refractivity (Wildman–Crippen MR) is 163 cm³/mol. The van der Waals surface area contributed by atoms with E-state index in [1.54, 1.807) is 0 Å². The van der Waals surface area contributed by atoms with Gasteiger partial charge in [0.15, 0.2) is 0 Å². The van der Waals surface area contributed by atoms with Crippen molar-refractivity contribution in [3.05, 3.63) is 0 Å². The molecule has 0 spiro atoms. The fourth-order valence-corrected chi connectivity index (χ4v) is 6.10. The van der Waals surface area contributed by atoms with E-state index < -0.39 is 0 Å². The Kier molecular flexibility index (Phi) is 33.7. The van der Waals surface area contributed by atoms with Crippen molar-refractivity contribution in [1.29, 1.82) is 0 Å². The Labute approximate surface area is 223 Å². The third kappa shape index (κ3) is 32.4. The van der Waals surface area contributed by atoms with Gasteiger partial charge in [-0.1, -0.05) is 187 Å². The third-order valence-corrected chi connectivity index (χ3v) is 8.69. The van der Waals surface area contributed by atoms with Crippen LogP contribution in [-0.2, 0) is 0 Å². The molecule has 206 valence electrons. The molecule has 0 aromatic rings. The fraction of sp³-hybridized carbons (Fsp3) is 1.00. The van der Waals surface area contributed by atoms with E-state index in [2.05, 4.69) is 25.6 Å². The molecule has 0 rings (SSSR count). The Morgan fingerprint density at radius 3 is 0.618 bits per heavy atom. The molecule has 0 N–H and O–H groups in total. The molecular weight excluding hydrogens is 428 g/mol. The van der Waals surface area contributed by atoms with Gasteiger partial charge in [0.05, 0.1) is 0 Å². The van der Waals surface area contributed by atoms with Gasteiger partial charge in [0.1, 0.15) is 0 Å². The van der Waals surface area contributed by atoms with Crippen molar-refractivity contribution in [3.8, 4) is 0 Å². The fourth-order valence-electron chi connectivity index (χ4n) is 5.08. The molecule has 0 amide bonds. The van der Waals surface area contributed by atoms with Crippen LogP contribution in [0.5, 0.6) is 0 Å². The van der Waals surface area contributed by atoms with Crippen LogP contribution in [0.1, 0.15) is 200 Å². The summed E-state index contributed by atoms with van der Waals surface area (Å²) in [5, 5.41) is 0. The van der Waals surface area contributed by atoms with Gasteiger partial charge in [0.2, 0.25) is 0 Å². The number of unbranched alkanes of at least 4 members (excludes halogenated alkanes) is 27. The Hall–Kier alpha value is 0.350. The lowest BCUT2D eigenvalue weighted by atomic mass is 10.0. The lowest BCUT2D eigenvalue weighted by molar-refractivity contribution is 0.520. The summed E-state index contributed by atoms with van der Waals surface area (Å²) in [6, 6.07) is 0. The van der Waals surface area contributed by atoms with Crippen molar-refractivity contribution in [2.75, 3.05) is 11.5 Å². The molecule has 0 saturated heterocycles. The zero-order chi connectivity index (χ0) is 24.6. The molecule has 0 unspecified atom stereocenters. The van der Waals surface area contributed by atoms with Crippen molar-refractivity contribution in [2.45, 2.75) is 200 Å². The van der Waals surface area contributed by atoms with Crippen molar-refractivity contribution < 1.29 is 0 Å². The Morgan fingerprint density at radius 2 is 0.412 bits per heavy atom. The SMILES string of the molecule is CCCCCCCCCCCCCCCCCCCCCCCCSCCCCCCCCC. The summed E-state index contributed by atoms with van der Waals surface area (Å²) >= 11 is 2.21. The number of rotatable bonds is 31. The molecule has 0 aliphatic carbocycles. The molecular formula is C33H68S. The number of hydrogen-bond donors (Lipinski definition) is 0.